The van der Waals surface area contributed by atoms with Crippen molar-refractivity contribution >= 4 is 28.1 Å². The van der Waals surface area contributed by atoms with E-state index >= 15 is 0 Å². The first-order chi connectivity index (χ1) is 14.8. The number of carbonyl (C=O) groups excluding carboxylic acids is 1. The summed E-state index contributed by atoms with van der Waals surface area (Å²) in [6.07, 6.45) is -0.157. The van der Waals surface area contributed by atoms with Gasteiger partial charge in [-0.15, -0.1) is 0 Å². The highest BCUT2D eigenvalue weighted by molar-refractivity contribution is 7.15. The van der Waals surface area contributed by atoms with Gasteiger partial charge in [-0.2, -0.15) is 18.4 Å². The number of hydrogen-bond acceptors (Lipinski definition) is 6. The van der Waals surface area contributed by atoms with Gasteiger partial charge in [-0.1, -0.05) is 24.2 Å². The molecule has 0 spiro atoms. The van der Waals surface area contributed by atoms with Gasteiger partial charge >= 0.3 is 6.18 Å². The molecule has 4 rings (SSSR count). The molecule has 1 aliphatic heterocycles. The van der Waals surface area contributed by atoms with Crippen molar-refractivity contribution in [3.05, 3.63) is 40.9 Å². The summed E-state index contributed by atoms with van der Waals surface area (Å²) in [5, 5.41) is 12.7. The molecule has 10 heteroatoms. The average Bonchev–Trinajstić information content (AvgIpc) is 3.45. The molecule has 0 atom stereocenters. The topological polar surface area (TPSA) is 72.3 Å². The van der Waals surface area contributed by atoms with Crippen LogP contribution in [0.25, 0.3) is 0 Å². The lowest BCUT2D eigenvalue weighted by Crippen LogP contribution is -2.57. The van der Waals surface area contributed by atoms with E-state index < -0.39 is 16.6 Å². The van der Waals surface area contributed by atoms with Crippen LogP contribution in [0.15, 0.2) is 30.5 Å². The van der Waals surface area contributed by atoms with E-state index in [4.69, 9.17) is 5.26 Å². The molecule has 1 aromatic carbocycles. The second-order valence-electron chi connectivity index (χ2n) is 7.89. The standard InChI is InChI=1S/C21H22F3N5OS/c22-21(23,24)17-14-26-19(31-17)29-11-9-28(10-12-29)18(30)20(7-1-2-8-20)27-16-5-3-15(13-25)4-6-16/h3-6,14,27H,1-2,7-12H2. The number of piperazine rings is 1. The Morgan fingerprint density at radius 3 is 2.32 bits per heavy atom. The van der Waals surface area contributed by atoms with E-state index in [-0.39, 0.29) is 5.91 Å². The van der Waals surface area contributed by atoms with Crippen LogP contribution in [0.5, 0.6) is 0 Å². The highest BCUT2D eigenvalue weighted by Crippen LogP contribution is 2.38. The number of carbonyl (C=O) groups is 1. The molecule has 2 fully saturated rings. The SMILES string of the molecule is N#Cc1ccc(NC2(C(=O)N3CCN(c4ncc(C(F)(F)F)s4)CC3)CCCC2)cc1. The minimum absolute atomic E-state index is 0.0316. The van der Waals surface area contributed by atoms with Crippen LogP contribution in [0.3, 0.4) is 0 Å². The van der Waals surface area contributed by atoms with Crippen molar-refractivity contribution in [2.75, 3.05) is 36.4 Å². The Hall–Kier alpha value is -2.80. The second kappa shape index (κ2) is 8.38. The lowest BCUT2D eigenvalue weighted by Gasteiger charge is -2.40. The van der Waals surface area contributed by atoms with Crippen LogP contribution in [0.1, 0.15) is 36.1 Å². The summed E-state index contributed by atoms with van der Waals surface area (Å²) >= 11 is 0.636. The molecule has 31 heavy (non-hydrogen) atoms. The summed E-state index contributed by atoms with van der Waals surface area (Å²) in [5.74, 6) is 0.0316. The monoisotopic (exact) mass is 449 g/mol. The van der Waals surface area contributed by atoms with Gasteiger partial charge in [0.2, 0.25) is 5.91 Å². The molecule has 1 aromatic heterocycles. The molecule has 0 unspecified atom stereocenters. The maximum absolute atomic E-state index is 13.5. The van der Waals surface area contributed by atoms with Crippen molar-refractivity contribution in [2.45, 2.75) is 37.4 Å². The summed E-state index contributed by atoms with van der Waals surface area (Å²) in [7, 11) is 0. The molecule has 1 saturated carbocycles. The first-order valence-corrected chi connectivity index (χ1v) is 11.0. The van der Waals surface area contributed by atoms with Gasteiger partial charge in [0.05, 0.1) is 17.8 Å². The van der Waals surface area contributed by atoms with Gasteiger partial charge in [-0.3, -0.25) is 4.79 Å². The number of rotatable bonds is 4. The highest BCUT2D eigenvalue weighted by atomic mass is 32.1. The molecule has 6 nitrogen and oxygen atoms in total. The number of alkyl halides is 3. The van der Waals surface area contributed by atoms with Crippen molar-refractivity contribution in [3.63, 3.8) is 0 Å². The number of halogens is 3. The van der Waals surface area contributed by atoms with Crippen LogP contribution in [-0.4, -0.2) is 47.5 Å². The van der Waals surface area contributed by atoms with Gasteiger partial charge in [-0.25, -0.2) is 4.98 Å². The van der Waals surface area contributed by atoms with Gasteiger partial charge in [-0.05, 0) is 37.1 Å². The fourth-order valence-corrected chi connectivity index (χ4v) is 5.06. The predicted molar refractivity (Wildman–Crippen MR) is 112 cm³/mol. The van der Waals surface area contributed by atoms with Gasteiger partial charge in [0.15, 0.2) is 5.13 Å². The van der Waals surface area contributed by atoms with E-state index in [9.17, 15) is 18.0 Å². The first kappa shape index (κ1) is 21.4. The third kappa shape index (κ3) is 4.46. The number of thiazole rings is 1. The van der Waals surface area contributed by atoms with Crippen LogP contribution in [0, 0.1) is 11.3 Å². The molecule has 0 radical (unpaired) electrons. The van der Waals surface area contributed by atoms with Gasteiger partial charge in [0, 0.05) is 31.9 Å². The minimum atomic E-state index is -4.39. The third-order valence-corrected chi connectivity index (χ3v) is 6.98. The van der Waals surface area contributed by atoms with E-state index in [1.54, 1.807) is 21.9 Å². The number of aromatic nitrogens is 1. The highest BCUT2D eigenvalue weighted by Gasteiger charge is 2.44. The predicted octanol–water partition coefficient (Wildman–Crippen LogP) is 4.11. The van der Waals surface area contributed by atoms with Gasteiger partial charge < -0.3 is 15.1 Å². The number of benzene rings is 1. The molecular weight excluding hydrogens is 427 g/mol. The van der Waals surface area contributed by atoms with Crippen LogP contribution < -0.4 is 10.2 Å². The lowest BCUT2D eigenvalue weighted by atomic mass is 9.94. The fraction of sp³-hybridized carbons (Fsp3) is 0.476. The van der Waals surface area contributed by atoms with Gasteiger partial charge in [0.25, 0.3) is 0 Å². The van der Waals surface area contributed by atoms with Crippen molar-refractivity contribution < 1.29 is 18.0 Å². The Morgan fingerprint density at radius 1 is 1.13 bits per heavy atom. The Bertz CT molecular complexity index is 968. The molecule has 0 bridgehead atoms. The molecule has 1 aliphatic carbocycles. The first-order valence-electron chi connectivity index (χ1n) is 10.2. The zero-order chi connectivity index (χ0) is 22.1. The molecule has 1 saturated heterocycles. The molecule has 2 heterocycles. The summed E-state index contributed by atoms with van der Waals surface area (Å²) in [6, 6.07) is 9.14. The van der Waals surface area contributed by atoms with E-state index in [2.05, 4.69) is 16.4 Å². The maximum atomic E-state index is 13.5. The molecule has 164 valence electrons. The lowest BCUT2D eigenvalue weighted by molar-refractivity contribution is -0.136. The number of nitriles is 1. The summed E-state index contributed by atoms with van der Waals surface area (Å²) in [5.41, 5.74) is 0.681. The third-order valence-electron chi connectivity index (χ3n) is 5.87. The van der Waals surface area contributed by atoms with Crippen LogP contribution in [-0.2, 0) is 11.0 Å². The molecule has 2 aromatic rings. The average molecular weight is 450 g/mol. The molecule has 1 amide bonds. The Balaban J connectivity index is 1.42. The zero-order valence-corrected chi connectivity index (χ0v) is 17.6. The van der Waals surface area contributed by atoms with Crippen LogP contribution >= 0.6 is 11.3 Å². The van der Waals surface area contributed by atoms with Crippen LogP contribution in [0.2, 0.25) is 0 Å². The number of amides is 1. The molecule has 2 aliphatic rings. The van der Waals surface area contributed by atoms with Crippen molar-refractivity contribution in [1.29, 1.82) is 5.26 Å². The van der Waals surface area contributed by atoms with E-state index in [0.717, 1.165) is 37.6 Å². The van der Waals surface area contributed by atoms with E-state index in [1.807, 2.05) is 12.1 Å². The number of nitrogens with one attached hydrogen (secondary N) is 1. The fourth-order valence-electron chi connectivity index (χ4n) is 4.22. The van der Waals surface area contributed by atoms with Crippen molar-refractivity contribution in [2.24, 2.45) is 0 Å². The second-order valence-corrected chi connectivity index (χ2v) is 8.90. The van der Waals surface area contributed by atoms with Crippen molar-refractivity contribution in [3.8, 4) is 6.07 Å². The van der Waals surface area contributed by atoms with Crippen molar-refractivity contribution in [1.82, 2.24) is 9.88 Å². The van der Waals surface area contributed by atoms with E-state index in [1.165, 1.54) is 0 Å². The summed E-state index contributed by atoms with van der Waals surface area (Å²) in [4.78, 5) is 20.3. The van der Waals surface area contributed by atoms with Gasteiger partial charge in [0.1, 0.15) is 10.4 Å². The Morgan fingerprint density at radius 2 is 1.77 bits per heavy atom. The maximum Gasteiger partial charge on any atom is 0.427 e. The normalized spacial score (nSPS) is 18.6. The summed E-state index contributed by atoms with van der Waals surface area (Å²) in [6.45, 7) is 1.78. The Kier molecular flexibility index (Phi) is 5.79. The Labute approximate surface area is 182 Å². The summed E-state index contributed by atoms with van der Waals surface area (Å²) < 4.78 is 38.5. The smallest absolute Gasteiger partial charge is 0.371 e. The largest absolute Gasteiger partial charge is 0.427 e. The molecular formula is C21H22F3N5OS. The zero-order valence-electron chi connectivity index (χ0n) is 16.8. The van der Waals surface area contributed by atoms with Crippen LogP contribution in [0.4, 0.5) is 24.0 Å². The minimum Gasteiger partial charge on any atom is -0.371 e. The number of nitrogens with zero attached hydrogens (tertiary/aromatic N) is 4. The number of hydrogen-bond donors (Lipinski definition) is 1. The van der Waals surface area contributed by atoms with E-state index in [0.29, 0.717) is 48.2 Å². The number of anilines is 2. The molecule has 1 N–H and O–H groups in total. The quantitative estimate of drug-likeness (QED) is 0.761.